The van der Waals surface area contributed by atoms with Crippen LogP contribution >= 0.6 is 31.9 Å². The van der Waals surface area contributed by atoms with Gasteiger partial charge in [0.1, 0.15) is 0 Å². The lowest BCUT2D eigenvalue weighted by Gasteiger charge is -2.28. The van der Waals surface area contributed by atoms with Gasteiger partial charge in [0.15, 0.2) is 0 Å². The molecule has 0 heterocycles. The molecule has 1 aromatic rings. The summed E-state index contributed by atoms with van der Waals surface area (Å²) in [5, 5.41) is 0.891. The number of hydrogen-bond acceptors (Lipinski definition) is 1. The molecule has 0 unspecified atom stereocenters. The Morgan fingerprint density at radius 1 is 1.33 bits per heavy atom. The highest BCUT2D eigenvalue weighted by atomic mass is 79.9. The second kappa shape index (κ2) is 5.90. The van der Waals surface area contributed by atoms with E-state index < -0.39 is 0 Å². The molecule has 0 fully saturated rings. The molecule has 0 amide bonds. The first-order chi connectivity index (χ1) is 7.10. The Balaban J connectivity index is 3.00. The molecule has 15 heavy (non-hydrogen) atoms. The molecule has 1 aromatic carbocycles. The first-order valence-electron chi connectivity index (χ1n) is 5.21. The molecule has 0 aromatic heterocycles. The third-order valence-corrected chi connectivity index (χ3v) is 3.82. The van der Waals surface area contributed by atoms with Gasteiger partial charge in [-0.3, -0.25) is 0 Å². The normalized spacial score (nSPS) is 10.8. The van der Waals surface area contributed by atoms with Crippen molar-refractivity contribution in [3.05, 3.63) is 28.2 Å². The van der Waals surface area contributed by atoms with E-state index in [1.54, 1.807) is 0 Å². The van der Waals surface area contributed by atoms with Crippen LogP contribution in [-0.4, -0.2) is 12.6 Å². The highest BCUT2D eigenvalue weighted by Gasteiger charge is 2.09. The van der Waals surface area contributed by atoms with Gasteiger partial charge in [-0.25, -0.2) is 0 Å². The summed E-state index contributed by atoms with van der Waals surface area (Å²) in [4.78, 5) is 2.38. The van der Waals surface area contributed by atoms with Crippen LogP contribution in [0.4, 0.5) is 5.69 Å². The van der Waals surface area contributed by atoms with Crippen LogP contribution in [0.25, 0.3) is 0 Å². The van der Waals surface area contributed by atoms with Crippen LogP contribution in [-0.2, 0) is 5.33 Å². The molecule has 3 heteroatoms. The molecule has 0 atom stereocenters. The third kappa shape index (κ3) is 3.22. The minimum Gasteiger partial charge on any atom is -0.369 e. The van der Waals surface area contributed by atoms with E-state index >= 15 is 0 Å². The van der Waals surface area contributed by atoms with Gasteiger partial charge in [0.25, 0.3) is 0 Å². The molecule has 0 spiro atoms. The van der Waals surface area contributed by atoms with Gasteiger partial charge in [-0.1, -0.05) is 37.9 Å². The lowest BCUT2D eigenvalue weighted by Crippen LogP contribution is -2.30. The van der Waals surface area contributed by atoms with Gasteiger partial charge in [-0.2, -0.15) is 0 Å². The maximum Gasteiger partial charge on any atom is 0.0379 e. The van der Waals surface area contributed by atoms with Crippen LogP contribution in [0.5, 0.6) is 0 Å². The van der Waals surface area contributed by atoms with Crippen molar-refractivity contribution in [3.8, 4) is 0 Å². The summed E-state index contributed by atoms with van der Waals surface area (Å²) in [6.07, 6.45) is 0. The molecular formula is C12H17Br2N. The largest absolute Gasteiger partial charge is 0.369 e. The first kappa shape index (κ1) is 13.0. The van der Waals surface area contributed by atoms with E-state index in [-0.39, 0.29) is 0 Å². The summed E-state index contributed by atoms with van der Waals surface area (Å²) in [7, 11) is 0. The summed E-state index contributed by atoms with van der Waals surface area (Å²) in [5.41, 5.74) is 2.57. The molecule has 0 aliphatic rings. The molecule has 0 saturated carbocycles. The molecule has 0 aliphatic heterocycles. The molecule has 0 aliphatic carbocycles. The number of halogens is 2. The highest BCUT2D eigenvalue weighted by molar-refractivity contribution is 9.10. The quantitative estimate of drug-likeness (QED) is 0.728. The predicted octanol–water partition coefficient (Wildman–Crippen LogP) is 4.58. The average molecular weight is 335 g/mol. The zero-order valence-corrected chi connectivity index (χ0v) is 12.6. The van der Waals surface area contributed by atoms with Gasteiger partial charge in [0.2, 0.25) is 0 Å². The number of nitrogens with zero attached hydrogens (tertiary/aromatic N) is 1. The smallest absolute Gasteiger partial charge is 0.0379 e. The van der Waals surface area contributed by atoms with E-state index in [0.29, 0.717) is 6.04 Å². The summed E-state index contributed by atoms with van der Waals surface area (Å²) in [6.45, 7) is 7.66. The Morgan fingerprint density at radius 3 is 2.40 bits per heavy atom. The fourth-order valence-electron chi connectivity index (χ4n) is 1.67. The molecular weight excluding hydrogens is 318 g/mol. The van der Waals surface area contributed by atoms with Gasteiger partial charge in [-0.05, 0) is 38.5 Å². The number of rotatable bonds is 4. The van der Waals surface area contributed by atoms with Gasteiger partial charge >= 0.3 is 0 Å². The third-order valence-electron chi connectivity index (χ3n) is 2.48. The molecule has 1 rings (SSSR count). The minimum atomic E-state index is 0.539. The molecule has 1 nitrogen and oxygen atoms in total. The SMILES string of the molecule is CCN(c1ccc(CBr)c(Br)c1)C(C)C. The number of alkyl halides is 1. The van der Waals surface area contributed by atoms with Gasteiger partial charge in [0, 0.05) is 28.1 Å². The van der Waals surface area contributed by atoms with Crippen molar-refractivity contribution >= 4 is 37.5 Å². The van der Waals surface area contributed by atoms with Gasteiger partial charge in [0.05, 0.1) is 0 Å². The lowest BCUT2D eigenvalue weighted by molar-refractivity contribution is 0.703. The van der Waals surface area contributed by atoms with E-state index in [2.05, 4.69) is 75.7 Å². The fraction of sp³-hybridized carbons (Fsp3) is 0.500. The second-order valence-electron chi connectivity index (χ2n) is 3.79. The molecule has 0 radical (unpaired) electrons. The zero-order chi connectivity index (χ0) is 11.4. The maximum absolute atomic E-state index is 3.60. The van der Waals surface area contributed by atoms with Crippen LogP contribution < -0.4 is 4.90 Å². The molecule has 84 valence electrons. The highest BCUT2D eigenvalue weighted by Crippen LogP contribution is 2.26. The Labute approximate surface area is 109 Å². The van der Waals surface area contributed by atoms with Crippen molar-refractivity contribution in [3.63, 3.8) is 0 Å². The average Bonchev–Trinajstić information content (AvgIpc) is 2.18. The van der Waals surface area contributed by atoms with Crippen molar-refractivity contribution in [2.24, 2.45) is 0 Å². The molecule has 0 bridgehead atoms. The van der Waals surface area contributed by atoms with Crippen molar-refractivity contribution in [2.45, 2.75) is 32.1 Å². The summed E-state index contributed by atoms with van der Waals surface area (Å²) < 4.78 is 1.18. The monoisotopic (exact) mass is 333 g/mol. The topological polar surface area (TPSA) is 3.24 Å². The number of hydrogen-bond donors (Lipinski definition) is 0. The Morgan fingerprint density at radius 2 is 2.00 bits per heavy atom. The van der Waals surface area contributed by atoms with E-state index in [1.807, 2.05) is 0 Å². The fourth-order valence-corrected chi connectivity index (χ4v) is 3.04. The van der Waals surface area contributed by atoms with E-state index in [9.17, 15) is 0 Å². The second-order valence-corrected chi connectivity index (χ2v) is 5.20. The van der Waals surface area contributed by atoms with Gasteiger partial charge in [-0.15, -0.1) is 0 Å². The molecule has 0 N–H and O–H groups in total. The Kier molecular flexibility index (Phi) is 5.13. The summed E-state index contributed by atoms with van der Waals surface area (Å²) in [5.74, 6) is 0. The standard InChI is InChI=1S/C12H17Br2N/c1-4-15(9(2)3)11-6-5-10(8-13)12(14)7-11/h5-7,9H,4,8H2,1-3H3. The predicted molar refractivity (Wildman–Crippen MR) is 74.9 cm³/mol. The van der Waals surface area contributed by atoms with E-state index in [1.165, 1.54) is 15.7 Å². The number of benzene rings is 1. The van der Waals surface area contributed by atoms with Crippen molar-refractivity contribution < 1.29 is 0 Å². The van der Waals surface area contributed by atoms with E-state index in [0.717, 1.165) is 11.9 Å². The van der Waals surface area contributed by atoms with Gasteiger partial charge < -0.3 is 4.90 Å². The van der Waals surface area contributed by atoms with Crippen molar-refractivity contribution in [1.29, 1.82) is 0 Å². The van der Waals surface area contributed by atoms with Crippen molar-refractivity contribution in [1.82, 2.24) is 0 Å². The molecule has 0 saturated heterocycles. The van der Waals surface area contributed by atoms with Crippen LogP contribution in [0.15, 0.2) is 22.7 Å². The zero-order valence-electron chi connectivity index (χ0n) is 9.43. The Bertz CT molecular complexity index is 323. The first-order valence-corrected chi connectivity index (χ1v) is 7.12. The van der Waals surface area contributed by atoms with Crippen LogP contribution in [0.3, 0.4) is 0 Å². The summed E-state index contributed by atoms with van der Waals surface area (Å²) >= 11 is 7.07. The minimum absolute atomic E-state index is 0.539. The summed E-state index contributed by atoms with van der Waals surface area (Å²) in [6, 6.07) is 7.08. The van der Waals surface area contributed by atoms with E-state index in [4.69, 9.17) is 0 Å². The Hall–Kier alpha value is -0.0200. The lowest BCUT2D eigenvalue weighted by atomic mass is 10.2. The number of anilines is 1. The van der Waals surface area contributed by atoms with Crippen LogP contribution in [0, 0.1) is 0 Å². The van der Waals surface area contributed by atoms with Crippen LogP contribution in [0.2, 0.25) is 0 Å². The van der Waals surface area contributed by atoms with Crippen LogP contribution in [0.1, 0.15) is 26.3 Å². The van der Waals surface area contributed by atoms with Crippen molar-refractivity contribution in [2.75, 3.05) is 11.4 Å². The maximum atomic E-state index is 3.60.